The van der Waals surface area contributed by atoms with Crippen molar-refractivity contribution in [1.29, 1.82) is 0 Å². The Bertz CT molecular complexity index is 588. The van der Waals surface area contributed by atoms with Gasteiger partial charge < -0.3 is 14.4 Å². The lowest BCUT2D eigenvalue weighted by Crippen LogP contribution is -2.29. The van der Waals surface area contributed by atoms with Gasteiger partial charge in [0.05, 0.1) is 11.4 Å². The first kappa shape index (κ1) is 14.6. The molecule has 7 heteroatoms. The van der Waals surface area contributed by atoms with Gasteiger partial charge in [-0.15, -0.1) is 10.2 Å². The van der Waals surface area contributed by atoms with Crippen molar-refractivity contribution in [2.24, 2.45) is 7.05 Å². The summed E-state index contributed by atoms with van der Waals surface area (Å²) in [6, 6.07) is 2.01. The molecular weight excluding hydrogens is 286 g/mol. The number of hydrogen-bond acceptors (Lipinski definition) is 6. The monoisotopic (exact) mass is 307 g/mol. The van der Waals surface area contributed by atoms with Gasteiger partial charge >= 0.3 is 0 Å². The van der Waals surface area contributed by atoms with Crippen LogP contribution in [0.15, 0.2) is 15.7 Å². The molecule has 114 valence electrons. The van der Waals surface area contributed by atoms with Crippen LogP contribution in [0.5, 0.6) is 0 Å². The van der Waals surface area contributed by atoms with Crippen LogP contribution in [0.2, 0.25) is 0 Å². The minimum Gasteiger partial charge on any atom is -0.360 e. The highest BCUT2D eigenvalue weighted by Gasteiger charge is 2.21. The third-order valence-corrected chi connectivity index (χ3v) is 4.89. The fourth-order valence-electron chi connectivity index (χ4n) is 2.61. The van der Waals surface area contributed by atoms with E-state index in [1.807, 2.05) is 13.1 Å². The van der Waals surface area contributed by atoms with E-state index < -0.39 is 0 Å². The fraction of sp³-hybridized carbons (Fsp3) is 0.643. The van der Waals surface area contributed by atoms with Crippen LogP contribution < -0.4 is 5.32 Å². The number of thioether (sulfide) groups is 1. The highest BCUT2D eigenvalue weighted by molar-refractivity contribution is 7.98. The van der Waals surface area contributed by atoms with Gasteiger partial charge in [-0.2, -0.15) is 0 Å². The van der Waals surface area contributed by atoms with Gasteiger partial charge in [-0.1, -0.05) is 23.8 Å². The smallest absolute Gasteiger partial charge is 0.191 e. The molecule has 1 unspecified atom stereocenters. The Morgan fingerprint density at radius 1 is 1.48 bits per heavy atom. The minimum atomic E-state index is 0.475. The quantitative estimate of drug-likeness (QED) is 0.853. The number of rotatable bonds is 5. The lowest BCUT2D eigenvalue weighted by atomic mass is 9.99. The lowest BCUT2D eigenvalue weighted by Gasteiger charge is -2.21. The van der Waals surface area contributed by atoms with Gasteiger partial charge in [0.25, 0.3) is 0 Å². The molecule has 0 radical (unpaired) electrons. The normalized spacial score (nSPS) is 19.0. The van der Waals surface area contributed by atoms with Crippen LogP contribution >= 0.6 is 11.8 Å². The molecule has 1 N–H and O–H groups in total. The van der Waals surface area contributed by atoms with Crippen molar-refractivity contribution in [2.45, 2.75) is 43.0 Å². The Balaban J connectivity index is 1.64. The van der Waals surface area contributed by atoms with Crippen molar-refractivity contribution in [2.75, 3.05) is 13.1 Å². The zero-order valence-electron chi connectivity index (χ0n) is 12.5. The third kappa shape index (κ3) is 3.29. The summed E-state index contributed by atoms with van der Waals surface area (Å²) in [5.41, 5.74) is 0.998. The molecule has 2 aromatic rings. The first-order valence-corrected chi connectivity index (χ1v) is 8.43. The molecule has 0 bridgehead atoms. The van der Waals surface area contributed by atoms with Crippen LogP contribution in [0.25, 0.3) is 0 Å². The van der Waals surface area contributed by atoms with E-state index in [4.69, 9.17) is 4.52 Å². The van der Waals surface area contributed by atoms with Gasteiger partial charge in [0, 0.05) is 25.6 Å². The Hall–Kier alpha value is -1.34. The van der Waals surface area contributed by atoms with Crippen molar-refractivity contribution in [3.63, 3.8) is 0 Å². The SMILES string of the molecule is CCc1cc(CSc2nnc(C3CCCNC3)n2C)on1. The number of aryl methyl sites for hydroxylation is 1. The molecule has 1 saturated heterocycles. The second-order valence-corrected chi connectivity index (χ2v) is 6.31. The standard InChI is InChI=1S/C14H21N5OS/c1-3-11-7-12(20-18-11)9-21-14-17-16-13(19(14)2)10-5-4-6-15-8-10/h7,10,15H,3-6,8-9H2,1-2H3. The number of aromatic nitrogens is 4. The van der Waals surface area contributed by atoms with E-state index in [0.29, 0.717) is 5.92 Å². The average molecular weight is 307 g/mol. The van der Waals surface area contributed by atoms with Gasteiger partial charge in [-0.3, -0.25) is 0 Å². The Kier molecular flexibility index (Phi) is 4.60. The third-order valence-electron chi connectivity index (χ3n) is 3.84. The van der Waals surface area contributed by atoms with Gasteiger partial charge in [0.1, 0.15) is 11.6 Å². The molecule has 0 aliphatic carbocycles. The Morgan fingerprint density at radius 3 is 3.10 bits per heavy atom. The molecule has 1 aliphatic heterocycles. The zero-order valence-corrected chi connectivity index (χ0v) is 13.3. The Morgan fingerprint density at radius 2 is 2.38 bits per heavy atom. The molecule has 0 aromatic carbocycles. The maximum Gasteiger partial charge on any atom is 0.191 e. The summed E-state index contributed by atoms with van der Waals surface area (Å²) >= 11 is 1.64. The van der Waals surface area contributed by atoms with Crippen molar-refractivity contribution < 1.29 is 4.52 Å². The van der Waals surface area contributed by atoms with Crippen LogP contribution in [0.1, 0.15) is 43.0 Å². The van der Waals surface area contributed by atoms with E-state index >= 15 is 0 Å². The van der Waals surface area contributed by atoms with Crippen LogP contribution in [0.4, 0.5) is 0 Å². The number of nitrogens with one attached hydrogen (secondary N) is 1. The molecule has 0 saturated carbocycles. The summed E-state index contributed by atoms with van der Waals surface area (Å²) in [5.74, 6) is 3.18. The minimum absolute atomic E-state index is 0.475. The second kappa shape index (κ2) is 6.62. The van der Waals surface area contributed by atoms with Crippen LogP contribution in [-0.4, -0.2) is 33.0 Å². The molecule has 6 nitrogen and oxygen atoms in total. The molecule has 1 atom stereocenters. The number of nitrogens with zero attached hydrogens (tertiary/aromatic N) is 4. The predicted molar refractivity (Wildman–Crippen MR) is 81.3 cm³/mol. The summed E-state index contributed by atoms with van der Waals surface area (Å²) in [6.45, 7) is 4.18. The molecule has 3 rings (SSSR count). The first-order valence-electron chi connectivity index (χ1n) is 7.45. The van der Waals surface area contributed by atoms with Crippen LogP contribution in [0, 0.1) is 0 Å². The van der Waals surface area contributed by atoms with E-state index in [9.17, 15) is 0 Å². The van der Waals surface area contributed by atoms with Gasteiger partial charge in [-0.05, 0) is 25.8 Å². The van der Waals surface area contributed by atoms with Crippen LogP contribution in [0.3, 0.4) is 0 Å². The number of piperidine rings is 1. The van der Waals surface area contributed by atoms with Crippen molar-refractivity contribution >= 4 is 11.8 Å². The molecule has 1 fully saturated rings. The van der Waals surface area contributed by atoms with Gasteiger partial charge in [0.2, 0.25) is 0 Å². The van der Waals surface area contributed by atoms with Gasteiger partial charge in [-0.25, -0.2) is 0 Å². The van der Waals surface area contributed by atoms with E-state index in [2.05, 4.69) is 32.2 Å². The summed E-state index contributed by atoms with van der Waals surface area (Å²) in [5, 5.41) is 17.1. The van der Waals surface area contributed by atoms with Gasteiger partial charge in [0.15, 0.2) is 5.16 Å². The van der Waals surface area contributed by atoms with E-state index in [1.165, 1.54) is 12.8 Å². The summed E-state index contributed by atoms with van der Waals surface area (Å²) in [4.78, 5) is 0. The molecular formula is C14H21N5OS. The maximum atomic E-state index is 5.30. The average Bonchev–Trinajstić information content (AvgIpc) is 3.13. The zero-order chi connectivity index (χ0) is 14.7. The largest absolute Gasteiger partial charge is 0.360 e. The van der Waals surface area contributed by atoms with Crippen molar-refractivity contribution in [1.82, 2.24) is 25.2 Å². The predicted octanol–water partition coefficient (Wildman–Crippen LogP) is 2.12. The molecule has 3 heterocycles. The molecule has 2 aromatic heterocycles. The summed E-state index contributed by atoms with van der Waals surface area (Å²) in [6.07, 6.45) is 3.29. The fourth-order valence-corrected chi connectivity index (χ4v) is 3.40. The summed E-state index contributed by atoms with van der Waals surface area (Å²) in [7, 11) is 2.05. The molecule has 0 amide bonds. The summed E-state index contributed by atoms with van der Waals surface area (Å²) < 4.78 is 7.41. The highest BCUT2D eigenvalue weighted by Crippen LogP contribution is 2.26. The van der Waals surface area contributed by atoms with Crippen molar-refractivity contribution in [3.8, 4) is 0 Å². The second-order valence-electron chi connectivity index (χ2n) is 5.37. The highest BCUT2D eigenvalue weighted by atomic mass is 32.2. The Labute approximate surface area is 128 Å². The first-order chi connectivity index (χ1) is 10.3. The lowest BCUT2D eigenvalue weighted by molar-refractivity contribution is 0.389. The molecule has 21 heavy (non-hydrogen) atoms. The van der Waals surface area contributed by atoms with E-state index in [1.54, 1.807) is 11.8 Å². The van der Waals surface area contributed by atoms with E-state index in [0.717, 1.165) is 47.7 Å². The van der Waals surface area contributed by atoms with E-state index in [-0.39, 0.29) is 0 Å². The maximum absolute atomic E-state index is 5.30. The van der Waals surface area contributed by atoms with Crippen molar-refractivity contribution in [3.05, 3.63) is 23.3 Å². The number of hydrogen-bond donors (Lipinski definition) is 1. The molecule has 1 aliphatic rings. The topological polar surface area (TPSA) is 68.8 Å². The van der Waals surface area contributed by atoms with Crippen LogP contribution in [-0.2, 0) is 19.2 Å². The molecule has 0 spiro atoms.